The summed E-state index contributed by atoms with van der Waals surface area (Å²) in [4.78, 5) is 0.274. The Labute approximate surface area is 126 Å². The van der Waals surface area contributed by atoms with Crippen LogP contribution in [0.1, 0.15) is 16.7 Å². The van der Waals surface area contributed by atoms with E-state index < -0.39 is 10.0 Å². The number of benzene rings is 2. The van der Waals surface area contributed by atoms with Gasteiger partial charge in [0.15, 0.2) is 0 Å². The molecule has 0 saturated carbocycles. The summed E-state index contributed by atoms with van der Waals surface area (Å²) in [7, 11) is -1.74. The molecule has 0 saturated heterocycles. The molecule has 5 heteroatoms. The van der Waals surface area contributed by atoms with Crippen LogP contribution in [-0.4, -0.2) is 15.5 Å². The third kappa shape index (κ3) is 3.62. The van der Waals surface area contributed by atoms with Crippen LogP contribution >= 0.6 is 0 Å². The number of hydrogen-bond donors (Lipinski definition) is 2. The Bertz CT molecular complexity index is 740. The van der Waals surface area contributed by atoms with E-state index in [4.69, 9.17) is 0 Å². The SMILES string of the molecule is CNCc1cccc(S(=O)(=O)Nc2cccc(C)c2C)c1. The summed E-state index contributed by atoms with van der Waals surface area (Å²) in [6, 6.07) is 12.5. The van der Waals surface area contributed by atoms with Gasteiger partial charge in [0, 0.05) is 6.54 Å². The zero-order valence-corrected chi connectivity index (χ0v) is 13.3. The maximum atomic E-state index is 12.5. The fraction of sp³-hybridized carbons (Fsp3) is 0.250. The maximum absolute atomic E-state index is 12.5. The van der Waals surface area contributed by atoms with Gasteiger partial charge in [-0.25, -0.2) is 8.42 Å². The molecular formula is C16H20N2O2S. The van der Waals surface area contributed by atoms with Crippen molar-refractivity contribution >= 4 is 15.7 Å². The van der Waals surface area contributed by atoms with Crippen molar-refractivity contribution in [1.29, 1.82) is 0 Å². The van der Waals surface area contributed by atoms with Crippen molar-refractivity contribution < 1.29 is 8.42 Å². The molecule has 0 aromatic heterocycles. The van der Waals surface area contributed by atoms with Crippen LogP contribution in [0.2, 0.25) is 0 Å². The lowest BCUT2D eigenvalue weighted by atomic mass is 10.1. The highest BCUT2D eigenvalue weighted by molar-refractivity contribution is 7.92. The van der Waals surface area contributed by atoms with Crippen LogP contribution in [0.4, 0.5) is 5.69 Å². The lowest BCUT2D eigenvalue weighted by molar-refractivity contribution is 0.601. The van der Waals surface area contributed by atoms with Gasteiger partial charge in [-0.05, 0) is 55.8 Å². The van der Waals surface area contributed by atoms with E-state index in [2.05, 4.69) is 10.0 Å². The predicted octanol–water partition coefficient (Wildman–Crippen LogP) is 2.82. The monoisotopic (exact) mass is 304 g/mol. The summed E-state index contributed by atoms with van der Waals surface area (Å²) in [6.07, 6.45) is 0. The molecule has 0 fully saturated rings. The average molecular weight is 304 g/mol. The number of anilines is 1. The molecule has 2 aromatic carbocycles. The highest BCUT2D eigenvalue weighted by Gasteiger charge is 2.15. The zero-order valence-electron chi connectivity index (χ0n) is 12.5. The van der Waals surface area contributed by atoms with E-state index in [0.717, 1.165) is 16.7 Å². The third-order valence-electron chi connectivity index (χ3n) is 3.44. The van der Waals surface area contributed by atoms with Gasteiger partial charge in [-0.3, -0.25) is 4.72 Å². The Morgan fingerprint density at radius 2 is 1.76 bits per heavy atom. The molecule has 0 amide bonds. The summed E-state index contributed by atoms with van der Waals surface area (Å²) < 4.78 is 27.6. The molecule has 0 bridgehead atoms. The van der Waals surface area contributed by atoms with E-state index in [1.165, 1.54) is 0 Å². The fourth-order valence-corrected chi connectivity index (χ4v) is 3.28. The molecule has 4 nitrogen and oxygen atoms in total. The third-order valence-corrected chi connectivity index (χ3v) is 4.80. The molecule has 2 rings (SSSR count). The maximum Gasteiger partial charge on any atom is 0.261 e. The van der Waals surface area contributed by atoms with Gasteiger partial charge in [-0.2, -0.15) is 0 Å². The van der Waals surface area contributed by atoms with Gasteiger partial charge >= 0.3 is 0 Å². The van der Waals surface area contributed by atoms with E-state index in [1.807, 2.05) is 39.1 Å². The first-order chi connectivity index (χ1) is 9.94. The number of sulfonamides is 1. The van der Waals surface area contributed by atoms with Gasteiger partial charge in [-0.15, -0.1) is 0 Å². The minimum Gasteiger partial charge on any atom is -0.316 e. The van der Waals surface area contributed by atoms with Crippen molar-refractivity contribution in [3.05, 3.63) is 59.2 Å². The van der Waals surface area contributed by atoms with E-state index in [-0.39, 0.29) is 4.90 Å². The van der Waals surface area contributed by atoms with Crippen molar-refractivity contribution in [1.82, 2.24) is 5.32 Å². The Kier molecular flexibility index (Phi) is 4.65. The van der Waals surface area contributed by atoms with E-state index in [1.54, 1.807) is 24.3 Å². The average Bonchev–Trinajstić information content (AvgIpc) is 2.44. The van der Waals surface area contributed by atoms with Gasteiger partial charge in [0.1, 0.15) is 0 Å². The van der Waals surface area contributed by atoms with E-state index in [9.17, 15) is 8.42 Å². The van der Waals surface area contributed by atoms with Crippen LogP contribution in [0.5, 0.6) is 0 Å². The van der Waals surface area contributed by atoms with Gasteiger partial charge in [0.25, 0.3) is 10.0 Å². The van der Waals surface area contributed by atoms with Gasteiger partial charge < -0.3 is 5.32 Å². The first-order valence-electron chi connectivity index (χ1n) is 6.76. The lowest BCUT2D eigenvalue weighted by Gasteiger charge is -2.12. The molecule has 0 aliphatic rings. The Morgan fingerprint density at radius 3 is 2.48 bits per heavy atom. The van der Waals surface area contributed by atoms with E-state index >= 15 is 0 Å². The minimum atomic E-state index is -3.57. The molecule has 0 aliphatic carbocycles. The predicted molar refractivity (Wildman–Crippen MR) is 85.9 cm³/mol. The zero-order chi connectivity index (χ0) is 15.5. The first-order valence-corrected chi connectivity index (χ1v) is 8.25. The van der Waals surface area contributed by atoms with Crippen molar-refractivity contribution in [2.45, 2.75) is 25.3 Å². The van der Waals surface area contributed by atoms with Crippen LogP contribution in [-0.2, 0) is 16.6 Å². The van der Waals surface area contributed by atoms with Crippen LogP contribution in [0.15, 0.2) is 47.4 Å². The Hall–Kier alpha value is -1.85. The first kappa shape index (κ1) is 15.5. The van der Waals surface area contributed by atoms with Crippen LogP contribution < -0.4 is 10.0 Å². The number of rotatable bonds is 5. The highest BCUT2D eigenvalue weighted by atomic mass is 32.2. The standard InChI is InChI=1S/C16H20N2O2S/c1-12-6-4-9-16(13(12)2)18-21(19,20)15-8-5-7-14(10-15)11-17-3/h4-10,17-18H,11H2,1-3H3. The smallest absolute Gasteiger partial charge is 0.261 e. The largest absolute Gasteiger partial charge is 0.316 e. The summed E-state index contributed by atoms with van der Waals surface area (Å²) in [5, 5.41) is 3.01. The summed E-state index contributed by atoms with van der Waals surface area (Å²) in [6.45, 7) is 4.50. The van der Waals surface area contributed by atoms with Crippen LogP contribution in [0, 0.1) is 13.8 Å². The minimum absolute atomic E-state index is 0.274. The van der Waals surface area contributed by atoms with Crippen LogP contribution in [0.25, 0.3) is 0 Å². The molecule has 112 valence electrons. The van der Waals surface area contributed by atoms with Crippen molar-refractivity contribution in [3.63, 3.8) is 0 Å². The fourth-order valence-electron chi connectivity index (χ4n) is 2.09. The molecule has 2 aromatic rings. The molecule has 0 unspecified atom stereocenters. The van der Waals surface area contributed by atoms with Crippen molar-refractivity contribution in [2.75, 3.05) is 11.8 Å². The molecule has 2 N–H and O–H groups in total. The molecule has 0 atom stereocenters. The Morgan fingerprint density at radius 1 is 1.05 bits per heavy atom. The molecule has 0 aliphatic heterocycles. The number of aryl methyl sites for hydroxylation is 1. The molecule has 21 heavy (non-hydrogen) atoms. The summed E-state index contributed by atoms with van der Waals surface area (Å²) >= 11 is 0. The van der Waals surface area contributed by atoms with Crippen LogP contribution in [0.3, 0.4) is 0 Å². The summed E-state index contributed by atoms with van der Waals surface area (Å²) in [5.41, 5.74) is 3.54. The second kappa shape index (κ2) is 6.28. The normalized spacial score (nSPS) is 11.4. The highest BCUT2D eigenvalue weighted by Crippen LogP contribution is 2.22. The van der Waals surface area contributed by atoms with Crippen molar-refractivity contribution in [3.8, 4) is 0 Å². The quantitative estimate of drug-likeness (QED) is 0.893. The van der Waals surface area contributed by atoms with Gasteiger partial charge in [0.05, 0.1) is 10.6 Å². The molecule has 0 spiro atoms. The van der Waals surface area contributed by atoms with Crippen molar-refractivity contribution in [2.24, 2.45) is 0 Å². The topological polar surface area (TPSA) is 58.2 Å². The Balaban J connectivity index is 2.34. The lowest BCUT2D eigenvalue weighted by Crippen LogP contribution is -2.15. The number of nitrogens with one attached hydrogen (secondary N) is 2. The molecule has 0 heterocycles. The van der Waals surface area contributed by atoms with E-state index in [0.29, 0.717) is 12.2 Å². The second-order valence-electron chi connectivity index (χ2n) is 5.03. The van der Waals surface area contributed by atoms with Gasteiger partial charge in [-0.1, -0.05) is 24.3 Å². The summed E-state index contributed by atoms with van der Waals surface area (Å²) in [5.74, 6) is 0. The molecular weight excluding hydrogens is 284 g/mol. The second-order valence-corrected chi connectivity index (χ2v) is 6.71. The van der Waals surface area contributed by atoms with Gasteiger partial charge in [0.2, 0.25) is 0 Å². The molecule has 0 radical (unpaired) electrons. The number of hydrogen-bond acceptors (Lipinski definition) is 3.